The molecule has 0 saturated carbocycles. The highest BCUT2D eigenvalue weighted by Crippen LogP contribution is 2.34. The minimum Gasteiger partial charge on any atom is -0.363 e. The molecule has 4 rings (SSSR count). The van der Waals surface area contributed by atoms with Crippen molar-refractivity contribution in [3.63, 3.8) is 0 Å². The van der Waals surface area contributed by atoms with Crippen molar-refractivity contribution in [1.82, 2.24) is 15.0 Å². The Morgan fingerprint density at radius 2 is 2.30 bits per heavy atom. The van der Waals surface area contributed by atoms with Crippen molar-refractivity contribution in [2.75, 3.05) is 6.54 Å². The molecule has 2 N–H and O–H groups in total. The number of nitrogens with two attached hydrogens (primary N) is 1. The normalized spacial score (nSPS) is 18.7. The summed E-state index contributed by atoms with van der Waals surface area (Å²) in [6.07, 6.45) is 2.02. The van der Waals surface area contributed by atoms with Gasteiger partial charge in [0.25, 0.3) is 11.7 Å². The number of fused-ring (bicyclic) bond motifs is 1. The molecule has 3 aromatic rings. The van der Waals surface area contributed by atoms with E-state index in [2.05, 4.69) is 44.7 Å². The lowest BCUT2D eigenvalue weighted by Gasteiger charge is -2.21. The van der Waals surface area contributed by atoms with E-state index in [-0.39, 0.29) is 11.9 Å². The standard InChI is InChI=1S/C16H16N4O2S/c17-14(21)15-18-16(22-19-15)12-5-3-7-20(12)8-10-9-23-13-6-2-1-4-11(10)13/h1-2,4,6,9,12H,3,5,7-8H2,(H2,17,21)/t12-/m0/s1. The number of rotatable bonds is 4. The molecule has 0 aliphatic carbocycles. The molecule has 23 heavy (non-hydrogen) atoms. The second-order valence-corrected chi connectivity index (χ2v) is 6.62. The predicted octanol–water partition coefficient (Wildman–Crippen LogP) is 2.72. The molecule has 1 aliphatic rings. The molecule has 0 spiro atoms. The van der Waals surface area contributed by atoms with Gasteiger partial charge < -0.3 is 10.3 Å². The minimum absolute atomic E-state index is 0.0483. The maximum absolute atomic E-state index is 11.1. The van der Waals surface area contributed by atoms with Crippen molar-refractivity contribution in [2.24, 2.45) is 5.73 Å². The molecule has 0 bridgehead atoms. The lowest BCUT2D eigenvalue weighted by atomic mass is 10.1. The smallest absolute Gasteiger partial charge is 0.290 e. The highest BCUT2D eigenvalue weighted by molar-refractivity contribution is 7.17. The van der Waals surface area contributed by atoms with Gasteiger partial charge in [-0.1, -0.05) is 23.4 Å². The van der Waals surface area contributed by atoms with Crippen LogP contribution < -0.4 is 5.73 Å². The van der Waals surface area contributed by atoms with Gasteiger partial charge in [-0.2, -0.15) is 4.98 Å². The number of thiophene rings is 1. The average Bonchev–Trinajstić information content (AvgIpc) is 3.26. The summed E-state index contributed by atoms with van der Waals surface area (Å²) in [4.78, 5) is 17.6. The Labute approximate surface area is 136 Å². The molecule has 1 aromatic carbocycles. The van der Waals surface area contributed by atoms with E-state index >= 15 is 0 Å². The van der Waals surface area contributed by atoms with E-state index in [4.69, 9.17) is 10.3 Å². The number of nitrogens with zero attached hydrogens (tertiary/aromatic N) is 3. The highest BCUT2D eigenvalue weighted by Gasteiger charge is 2.31. The van der Waals surface area contributed by atoms with Gasteiger partial charge in [0.15, 0.2) is 0 Å². The van der Waals surface area contributed by atoms with Crippen LogP contribution in [0.25, 0.3) is 10.1 Å². The Morgan fingerprint density at radius 3 is 3.13 bits per heavy atom. The second-order valence-electron chi connectivity index (χ2n) is 5.71. The fourth-order valence-electron chi connectivity index (χ4n) is 3.14. The number of amides is 1. The zero-order chi connectivity index (χ0) is 15.8. The third-order valence-electron chi connectivity index (χ3n) is 4.25. The fourth-order valence-corrected chi connectivity index (χ4v) is 4.09. The Kier molecular flexibility index (Phi) is 3.59. The zero-order valence-electron chi connectivity index (χ0n) is 12.4. The molecule has 1 atom stereocenters. The molecule has 1 saturated heterocycles. The van der Waals surface area contributed by atoms with Crippen molar-refractivity contribution >= 4 is 27.3 Å². The van der Waals surface area contributed by atoms with Crippen molar-refractivity contribution < 1.29 is 9.32 Å². The van der Waals surface area contributed by atoms with Crippen molar-refractivity contribution in [1.29, 1.82) is 0 Å². The van der Waals surface area contributed by atoms with E-state index in [0.717, 1.165) is 25.9 Å². The molecule has 7 heteroatoms. The molecule has 1 fully saturated rings. The summed E-state index contributed by atoms with van der Waals surface area (Å²) in [6.45, 7) is 1.81. The first kappa shape index (κ1) is 14.3. The summed E-state index contributed by atoms with van der Waals surface area (Å²) in [6, 6.07) is 8.48. The summed E-state index contributed by atoms with van der Waals surface area (Å²) in [5.41, 5.74) is 6.51. The molecule has 0 unspecified atom stereocenters. The number of carbonyl (C=O) groups excluding carboxylic acids is 1. The van der Waals surface area contributed by atoms with Crippen LogP contribution in [0.4, 0.5) is 0 Å². The third kappa shape index (κ3) is 2.62. The average molecular weight is 328 g/mol. The zero-order valence-corrected chi connectivity index (χ0v) is 13.3. The van der Waals surface area contributed by atoms with Crippen LogP contribution in [-0.4, -0.2) is 27.5 Å². The SMILES string of the molecule is NC(=O)c1noc([C@@H]2CCCN2Cc2csc3ccccc23)n1. The molecule has 3 heterocycles. The Morgan fingerprint density at radius 1 is 1.43 bits per heavy atom. The lowest BCUT2D eigenvalue weighted by molar-refractivity contribution is 0.0987. The van der Waals surface area contributed by atoms with Gasteiger partial charge in [-0.05, 0) is 41.8 Å². The second kappa shape index (κ2) is 5.75. The first-order chi connectivity index (χ1) is 11.2. The highest BCUT2D eigenvalue weighted by atomic mass is 32.1. The van der Waals surface area contributed by atoms with Gasteiger partial charge in [-0.25, -0.2) is 0 Å². The van der Waals surface area contributed by atoms with Crippen LogP contribution in [0.3, 0.4) is 0 Å². The Balaban J connectivity index is 1.59. The molecular weight excluding hydrogens is 312 g/mol. The van der Waals surface area contributed by atoms with Crippen molar-refractivity contribution in [2.45, 2.75) is 25.4 Å². The van der Waals surface area contributed by atoms with Gasteiger partial charge in [0.1, 0.15) is 0 Å². The van der Waals surface area contributed by atoms with E-state index in [1.807, 2.05) is 0 Å². The van der Waals surface area contributed by atoms with Gasteiger partial charge in [0, 0.05) is 11.2 Å². The van der Waals surface area contributed by atoms with Crippen LogP contribution >= 0.6 is 11.3 Å². The summed E-state index contributed by atoms with van der Waals surface area (Å²) in [5.74, 6) is -0.225. The maximum atomic E-state index is 11.1. The number of hydrogen-bond acceptors (Lipinski definition) is 6. The number of benzene rings is 1. The third-order valence-corrected chi connectivity index (χ3v) is 5.26. The molecule has 2 aromatic heterocycles. The van der Waals surface area contributed by atoms with E-state index in [1.54, 1.807) is 11.3 Å². The van der Waals surface area contributed by atoms with E-state index in [9.17, 15) is 4.79 Å². The maximum Gasteiger partial charge on any atom is 0.290 e. The van der Waals surface area contributed by atoms with Gasteiger partial charge in [0.05, 0.1) is 6.04 Å². The van der Waals surface area contributed by atoms with E-state index in [0.29, 0.717) is 5.89 Å². The molecule has 1 aliphatic heterocycles. The minimum atomic E-state index is -0.659. The Hall–Kier alpha value is -2.25. The first-order valence-corrected chi connectivity index (χ1v) is 8.43. The first-order valence-electron chi connectivity index (χ1n) is 7.55. The van der Waals surface area contributed by atoms with Crippen LogP contribution in [-0.2, 0) is 6.54 Å². The monoisotopic (exact) mass is 328 g/mol. The number of aromatic nitrogens is 2. The fraction of sp³-hybridized carbons (Fsp3) is 0.312. The quantitative estimate of drug-likeness (QED) is 0.796. The van der Waals surface area contributed by atoms with Crippen LogP contribution in [0.1, 0.15) is 41.0 Å². The number of likely N-dealkylation sites (tertiary alicyclic amines) is 1. The molecule has 0 radical (unpaired) electrons. The molecular formula is C16H16N4O2S. The largest absolute Gasteiger partial charge is 0.363 e. The summed E-state index contributed by atoms with van der Waals surface area (Å²) in [5, 5.41) is 7.17. The Bertz CT molecular complexity index is 857. The predicted molar refractivity (Wildman–Crippen MR) is 87.0 cm³/mol. The van der Waals surface area contributed by atoms with Gasteiger partial charge in [-0.3, -0.25) is 9.69 Å². The van der Waals surface area contributed by atoms with E-state index < -0.39 is 5.91 Å². The summed E-state index contributed by atoms with van der Waals surface area (Å²) in [7, 11) is 0. The topological polar surface area (TPSA) is 85.2 Å². The number of primary amides is 1. The molecule has 118 valence electrons. The van der Waals surface area contributed by atoms with Crippen molar-refractivity contribution in [3.8, 4) is 0 Å². The summed E-state index contributed by atoms with van der Waals surface area (Å²) >= 11 is 1.76. The number of carbonyl (C=O) groups is 1. The van der Waals surface area contributed by atoms with Gasteiger partial charge in [0.2, 0.25) is 5.89 Å². The van der Waals surface area contributed by atoms with Crippen LogP contribution in [0.2, 0.25) is 0 Å². The van der Waals surface area contributed by atoms with Crippen LogP contribution in [0.5, 0.6) is 0 Å². The van der Waals surface area contributed by atoms with Gasteiger partial charge in [-0.15, -0.1) is 11.3 Å². The molecule has 6 nitrogen and oxygen atoms in total. The summed E-state index contributed by atoms with van der Waals surface area (Å²) < 4.78 is 6.54. The van der Waals surface area contributed by atoms with Crippen LogP contribution in [0, 0.1) is 0 Å². The van der Waals surface area contributed by atoms with Crippen molar-refractivity contribution in [3.05, 3.63) is 46.9 Å². The van der Waals surface area contributed by atoms with Crippen LogP contribution in [0.15, 0.2) is 34.2 Å². The molecule has 1 amide bonds. The lowest BCUT2D eigenvalue weighted by Crippen LogP contribution is -2.23. The van der Waals surface area contributed by atoms with Gasteiger partial charge >= 0.3 is 0 Å². The van der Waals surface area contributed by atoms with E-state index in [1.165, 1.54) is 15.6 Å². The number of hydrogen-bond donors (Lipinski definition) is 1.